The van der Waals surface area contributed by atoms with Gasteiger partial charge in [-0.25, -0.2) is 0 Å². The molecule has 3 heteroatoms. The average Bonchev–Trinajstić information content (AvgIpc) is 2.08. The predicted octanol–water partition coefficient (Wildman–Crippen LogP) is 3.32. The molecule has 1 rings (SSSR count). The summed E-state index contributed by atoms with van der Waals surface area (Å²) in [5.41, 5.74) is 0.962. The van der Waals surface area contributed by atoms with Crippen LogP contribution in [0, 0.1) is 0 Å². The molecule has 1 aromatic rings. The van der Waals surface area contributed by atoms with Gasteiger partial charge in [0.15, 0.2) is 0 Å². The lowest BCUT2D eigenvalue weighted by Gasteiger charge is -2.03. The van der Waals surface area contributed by atoms with Crippen molar-refractivity contribution in [1.82, 2.24) is 0 Å². The molecule has 0 fully saturated rings. The second-order valence-corrected chi connectivity index (χ2v) is 2.45. The van der Waals surface area contributed by atoms with Gasteiger partial charge in [-0.15, -0.1) is 0 Å². The first-order chi connectivity index (χ1) is 6.22. The van der Waals surface area contributed by atoms with Gasteiger partial charge in [0.1, 0.15) is 5.75 Å². The molecule has 1 nitrogen and oxygen atoms in total. The largest absolute Gasteiger partial charge is 0.435 e. The van der Waals surface area contributed by atoms with Gasteiger partial charge in [-0.1, -0.05) is 24.3 Å². The van der Waals surface area contributed by atoms with E-state index in [4.69, 9.17) is 0 Å². The van der Waals surface area contributed by atoms with E-state index in [0.29, 0.717) is 0 Å². The molecule has 0 radical (unpaired) electrons. The van der Waals surface area contributed by atoms with Gasteiger partial charge in [-0.2, -0.15) is 8.78 Å². The highest BCUT2D eigenvalue weighted by atomic mass is 19.3. The molecule has 0 amide bonds. The number of halogens is 2. The number of ether oxygens (including phenoxy) is 1. The summed E-state index contributed by atoms with van der Waals surface area (Å²) in [7, 11) is 0. The molecule has 0 atom stereocenters. The van der Waals surface area contributed by atoms with E-state index in [9.17, 15) is 8.78 Å². The number of benzene rings is 1. The summed E-state index contributed by atoms with van der Waals surface area (Å²) in [5, 5.41) is 0. The summed E-state index contributed by atoms with van der Waals surface area (Å²) in [4.78, 5) is 0. The lowest BCUT2D eigenvalue weighted by molar-refractivity contribution is -0.0498. The van der Waals surface area contributed by atoms with Crippen LogP contribution in [0.25, 0.3) is 6.08 Å². The summed E-state index contributed by atoms with van der Waals surface area (Å²) >= 11 is 0. The molecule has 0 N–H and O–H groups in total. The molecule has 70 valence electrons. The molecule has 13 heavy (non-hydrogen) atoms. The maximum Gasteiger partial charge on any atom is 0.387 e. The van der Waals surface area contributed by atoms with Crippen molar-refractivity contribution in [2.75, 3.05) is 0 Å². The molecule has 0 aliphatic rings. The third-order valence-corrected chi connectivity index (χ3v) is 1.46. The van der Waals surface area contributed by atoms with Crippen molar-refractivity contribution < 1.29 is 13.5 Å². The van der Waals surface area contributed by atoms with E-state index in [1.165, 1.54) is 12.1 Å². The Morgan fingerprint density at radius 1 is 1.23 bits per heavy atom. The Hall–Kier alpha value is -1.38. The summed E-state index contributed by atoms with van der Waals surface area (Å²) in [6.07, 6.45) is 3.76. The molecule has 0 bridgehead atoms. The van der Waals surface area contributed by atoms with Crippen molar-refractivity contribution in [2.24, 2.45) is 0 Å². The van der Waals surface area contributed by atoms with Gasteiger partial charge in [-0.3, -0.25) is 0 Å². The van der Waals surface area contributed by atoms with E-state index in [1.54, 1.807) is 12.1 Å². The molecular weight excluding hydrogens is 174 g/mol. The molecule has 0 saturated heterocycles. The second-order valence-electron chi connectivity index (χ2n) is 2.45. The molecular formula is C10H10F2O. The van der Waals surface area contributed by atoms with Crippen LogP contribution >= 0.6 is 0 Å². The molecule has 0 aliphatic heterocycles. The highest BCUT2D eigenvalue weighted by molar-refractivity contribution is 5.50. The van der Waals surface area contributed by atoms with E-state index in [0.717, 1.165) is 5.56 Å². The first-order valence-electron chi connectivity index (χ1n) is 3.90. The van der Waals surface area contributed by atoms with Crippen LogP contribution in [0.4, 0.5) is 8.78 Å². The minimum Gasteiger partial charge on any atom is -0.435 e. The van der Waals surface area contributed by atoms with Crippen LogP contribution in [0.5, 0.6) is 5.75 Å². The van der Waals surface area contributed by atoms with E-state index in [-0.39, 0.29) is 5.75 Å². The van der Waals surface area contributed by atoms with Gasteiger partial charge < -0.3 is 4.74 Å². The van der Waals surface area contributed by atoms with Crippen molar-refractivity contribution >= 4 is 6.08 Å². The van der Waals surface area contributed by atoms with Crippen LogP contribution < -0.4 is 4.74 Å². The fraction of sp³-hybridized carbons (Fsp3) is 0.200. The van der Waals surface area contributed by atoms with Gasteiger partial charge in [0.25, 0.3) is 0 Å². The van der Waals surface area contributed by atoms with Gasteiger partial charge in [-0.05, 0) is 24.6 Å². The average molecular weight is 184 g/mol. The topological polar surface area (TPSA) is 9.23 Å². The van der Waals surface area contributed by atoms with Gasteiger partial charge in [0.2, 0.25) is 0 Å². The van der Waals surface area contributed by atoms with Crippen LogP contribution in [-0.4, -0.2) is 6.61 Å². The maximum atomic E-state index is 11.7. The lowest BCUT2D eigenvalue weighted by atomic mass is 10.2. The highest BCUT2D eigenvalue weighted by Crippen LogP contribution is 2.15. The van der Waals surface area contributed by atoms with Crippen LogP contribution in [-0.2, 0) is 0 Å². The van der Waals surface area contributed by atoms with Crippen molar-refractivity contribution in [3.05, 3.63) is 35.9 Å². The smallest absolute Gasteiger partial charge is 0.387 e. The Morgan fingerprint density at radius 3 is 2.31 bits per heavy atom. The van der Waals surface area contributed by atoms with Crippen LogP contribution in [0.15, 0.2) is 30.3 Å². The summed E-state index contributed by atoms with van der Waals surface area (Å²) in [6.45, 7) is -0.864. The molecule has 0 saturated carbocycles. The van der Waals surface area contributed by atoms with Crippen molar-refractivity contribution in [3.63, 3.8) is 0 Å². The second kappa shape index (κ2) is 4.60. The van der Waals surface area contributed by atoms with E-state index < -0.39 is 6.61 Å². The maximum absolute atomic E-state index is 11.7. The standard InChI is InChI=1S/C10H10F2O/c1-2-3-8-4-6-9(7-5-8)13-10(11)12/h2-7,10H,1H3. The molecule has 0 heterocycles. The zero-order valence-electron chi connectivity index (χ0n) is 7.21. The highest BCUT2D eigenvalue weighted by Gasteiger charge is 2.02. The molecule has 0 aromatic heterocycles. The van der Waals surface area contributed by atoms with Crippen molar-refractivity contribution in [3.8, 4) is 5.75 Å². The minimum absolute atomic E-state index is 0.184. The Balaban J connectivity index is 2.69. The number of hydrogen-bond acceptors (Lipinski definition) is 1. The monoisotopic (exact) mass is 184 g/mol. The molecule has 1 aromatic carbocycles. The van der Waals surface area contributed by atoms with Crippen LogP contribution in [0.2, 0.25) is 0 Å². The minimum atomic E-state index is -2.76. The normalized spacial score (nSPS) is 11.1. The first-order valence-corrected chi connectivity index (χ1v) is 3.90. The summed E-state index contributed by atoms with van der Waals surface area (Å²) < 4.78 is 27.7. The first kappa shape index (κ1) is 9.71. The number of allylic oxidation sites excluding steroid dienone is 1. The predicted molar refractivity (Wildman–Crippen MR) is 47.8 cm³/mol. The SMILES string of the molecule is CC=Cc1ccc(OC(F)F)cc1. The molecule has 0 spiro atoms. The number of rotatable bonds is 3. The zero-order chi connectivity index (χ0) is 9.68. The number of hydrogen-bond donors (Lipinski definition) is 0. The third kappa shape index (κ3) is 3.23. The van der Waals surface area contributed by atoms with Crippen LogP contribution in [0.1, 0.15) is 12.5 Å². The fourth-order valence-corrected chi connectivity index (χ4v) is 0.953. The van der Waals surface area contributed by atoms with Crippen molar-refractivity contribution in [2.45, 2.75) is 13.5 Å². The van der Waals surface area contributed by atoms with Crippen molar-refractivity contribution in [1.29, 1.82) is 0 Å². The summed E-state index contributed by atoms with van der Waals surface area (Å²) in [5.74, 6) is 0.184. The number of alkyl halides is 2. The fourth-order valence-electron chi connectivity index (χ4n) is 0.953. The third-order valence-electron chi connectivity index (χ3n) is 1.46. The van der Waals surface area contributed by atoms with E-state index in [1.807, 2.05) is 19.1 Å². The van der Waals surface area contributed by atoms with Gasteiger partial charge >= 0.3 is 6.61 Å². The van der Waals surface area contributed by atoms with E-state index in [2.05, 4.69) is 4.74 Å². The molecule has 0 unspecified atom stereocenters. The Labute approximate surface area is 75.6 Å². The van der Waals surface area contributed by atoms with E-state index >= 15 is 0 Å². The summed E-state index contributed by atoms with van der Waals surface area (Å²) in [6, 6.07) is 6.47. The Bertz CT molecular complexity index is 277. The molecule has 0 aliphatic carbocycles. The quantitative estimate of drug-likeness (QED) is 0.700. The Kier molecular flexibility index (Phi) is 3.43. The lowest BCUT2D eigenvalue weighted by Crippen LogP contribution is -2.01. The Morgan fingerprint density at radius 2 is 1.85 bits per heavy atom. The van der Waals surface area contributed by atoms with Gasteiger partial charge in [0.05, 0.1) is 0 Å². The van der Waals surface area contributed by atoms with Gasteiger partial charge in [0, 0.05) is 0 Å². The zero-order valence-corrected chi connectivity index (χ0v) is 7.21. The van der Waals surface area contributed by atoms with Crippen LogP contribution in [0.3, 0.4) is 0 Å².